The molecular formula is C17H27FN2O. The first-order valence-electron chi connectivity index (χ1n) is 7.95. The zero-order valence-corrected chi connectivity index (χ0v) is 13.0. The Kier molecular flexibility index (Phi) is 8.67. The van der Waals surface area contributed by atoms with E-state index in [1.807, 2.05) is 0 Å². The first kappa shape index (κ1) is 17.6. The highest BCUT2D eigenvalue weighted by Crippen LogP contribution is 2.17. The van der Waals surface area contributed by atoms with Crippen LogP contribution in [0.2, 0.25) is 0 Å². The lowest BCUT2D eigenvalue weighted by Crippen LogP contribution is -2.32. The Bertz CT molecular complexity index is 406. The molecule has 0 atom stereocenters. The number of nitrogens with zero attached hydrogens (tertiary/aromatic N) is 1. The van der Waals surface area contributed by atoms with Crippen LogP contribution in [0, 0.1) is 5.82 Å². The molecule has 0 bridgehead atoms. The molecule has 21 heavy (non-hydrogen) atoms. The molecule has 1 aromatic carbocycles. The molecule has 0 unspecified atom stereocenters. The van der Waals surface area contributed by atoms with E-state index in [0.29, 0.717) is 19.5 Å². The molecule has 0 spiro atoms. The minimum Gasteiger partial charge on any atom is -0.330 e. The van der Waals surface area contributed by atoms with Crippen molar-refractivity contribution in [2.75, 3.05) is 18.0 Å². The normalized spacial score (nSPS) is 10.6. The molecule has 2 N–H and O–H groups in total. The van der Waals surface area contributed by atoms with Gasteiger partial charge in [-0.3, -0.25) is 4.79 Å². The second-order valence-corrected chi connectivity index (χ2v) is 5.33. The largest absolute Gasteiger partial charge is 0.330 e. The lowest BCUT2D eigenvalue weighted by atomic mass is 10.1. The SMILES string of the molecule is CCCCCCCC(=O)N(CCCN)c1ccc(F)cc1. The maximum absolute atomic E-state index is 13.0. The number of unbranched alkanes of at least 4 members (excludes halogenated alkanes) is 4. The maximum atomic E-state index is 13.0. The van der Waals surface area contributed by atoms with Crippen molar-refractivity contribution in [1.82, 2.24) is 0 Å². The third kappa shape index (κ3) is 6.71. The first-order chi connectivity index (χ1) is 10.2. The summed E-state index contributed by atoms with van der Waals surface area (Å²) in [4.78, 5) is 14.1. The fourth-order valence-corrected chi connectivity index (χ4v) is 2.28. The van der Waals surface area contributed by atoms with E-state index in [9.17, 15) is 9.18 Å². The third-order valence-corrected chi connectivity index (χ3v) is 3.52. The van der Waals surface area contributed by atoms with Gasteiger partial charge in [-0.15, -0.1) is 0 Å². The smallest absolute Gasteiger partial charge is 0.226 e. The molecule has 3 nitrogen and oxygen atoms in total. The summed E-state index contributed by atoms with van der Waals surface area (Å²) in [6.07, 6.45) is 6.91. The zero-order valence-electron chi connectivity index (χ0n) is 13.0. The van der Waals surface area contributed by atoms with Crippen LogP contribution in [0.15, 0.2) is 24.3 Å². The first-order valence-corrected chi connectivity index (χ1v) is 7.95. The van der Waals surface area contributed by atoms with E-state index < -0.39 is 0 Å². The molecule has 0 radical (unpaired) electrons. The minimum absolute atomic E-state index is 0.103. The van der Waals surface area contributed by atoms with Crippen LogP contribution in [0.5, 0.6) is 0 Å². The van der Waals surface area contributed by atoms with Crippen LogP contribution >= 0.6 is 0 Å². The number of anilines is 1. The lowest BCUT2D eigenvalue weighted by Gasteiger charge is -2.22. The van der Waals surface area contributed by atoms with Gasteiger partial charge in [0.1, 0.15) is 5.82 Å². The van der Waals surface area contributed by atoms with Crippen LogP contribution in [0.4, 0.5) is 10.1 Å². The Morgan fingerprint density at radius 2 is 1.76 bits per heavy atom. The predicted molar refractivity (Wildman–Crippen MR) is 85.8 cm³/mol. The summed E-state index contributed by atoms with van der Waals surface area (Å²) >= 11 is 0. The van der Waals surface area contributed by atoms with Gasteiger partial charge in [-0.05, 0) is 43.7 Å². The van der Waals surface area contributed by atoms with Crippen molar-refractivity contribution in [2.24, 2.45) is 5.73 Å². The van der Waals surface area contributed by atoms with Gasteiger partial charge in [0.25, 0.3) is 0 Å². The van der Waals surface area contributed by atoms with Crippen molar-refractivity contribution in [3.8, 4) is 0 Å². The molecule has 0 aliphatic carbocycles. The molecule has 1 aromatic rings. The summed E-state index contributed by atoms with van der Waals surface area (Å²) < 4.78 is 13.0. The summed E-state index contributed by atoms with van der Waals surface area (Å²) in [5, 5.41) is 0. The number of hydrogen-bond acceptors (Lipinski definition) is 2. The molecule has 0 heterocycles. The van der Waals surface area contributed by atoms with E-state index in [1.165, 1.54) is 31.4 Å². The van der Waals surface area contributed by atoms with E-state index in [-0.39, 0.29) is 11.7 Å². The van der Waals surface area contributed by atoms with Gasteiger partial charge in [-0.1, -0.05) is 32.6 Å². The highest BCUT2D eigenvalue weighted by Gasteiger charge is 2.14. The lowest BCUT2D eigenvalue weighted by molar-refractivity contribution is -0.118. The molecule has 0 saturated heterocycles. The number of halogens is 1. The fourth-order valence-electron chi connectivity index (χ4n) is 2.28. The van der Waals surface area contributed by atoms with Crippen molar-refractivity contribution >= 4 is 11.6 Å². The summed E-state index contributed by atoms with van der Waals surface area (Å²) in [6, 6.07) is 6.08. The number of benzene rings is 1. The summed E-state index contributed by atoms with van der Waals surface area (Å²) in [7, 11) is 0. The Balaban J connectivity index is 2.55. The topological polar surface area (TPSA) is 46.3 Å². The zero-order chi connectivity index (χ0) is 15.5. The summed E-state index contributed by atoms with van der Waals surface area (Å²) in [5.41, 5.74) is 6.29. The molecule has 1 amide bonds. The van der Waals surface area contributed by atoms with Crippen LogP contribution in [-0.4, -0.2) is 19.0 Å². The highest BCUT2D eigenvalue weighted by molar-refractivity contribution is 5.93. The standard InChI is InChI=1S/C17H27FN2O/c1-2-3-4-5-6-8-17(21)20(14-7-13-19)16-11-9-15(18)10-12-16/h9-12H,2-8,13-14,19H2,1H3. The predicted octanol–water partition coefficient (Wildman–Crippen LogP) is 3.87. The van der Waals surface area contributed by atoms with E-state index >= 15 is 0 Å². The number of carbonyl (C=O) groups excluding carboxylic acids is 1. The Morgan fingerprint density at radius 3 is 2.38 bits per heavy atom. The third-order valence-electron chi connectivity index (χ3n) is 3.52. The average Bonchev–Trinajstić information content (AvgIpc) is 2.49. The molecule has 0 aliphatic rings. The number of carbonyl (C=O) groups is 1. The Morgan fingerprint density at radius 1 is 1.10 bits per heavy atom. The molecule has 0 saturated carbocycles. The van der Waals surface area contributed by atoms with E-state index in [1.54, 1.807) is 17.0 Å². The van der Waals surface area contributed by atoms with Crippen LogP contribution in [0.1, 0.15) is 51.9 Å². The van der Waals surface area contributed by atoms with Crippen LogP contribution < -0.4 is 10.6 Å². The molecule has 0 fully saturated rings. The second-order valence-electron chi connectivity index (χ2n) is 5.33. The monoisotopic (exact) mass is 294 g/mol. The molecule has 1 rings (SSSR count). The van der Waals surface area contributed by atoms with E-state index in [4.69, 9.17) is 5.73 Å². The molecule has 0 aromatic heterocycles. The fraction of sp³-hybridized carbons (Fsp3) is 0.588. The number of nitrogens with two attached hydrogens (primary N) is 1. The summed E-state index contributed by atoms with van der Waals surface area (Å²) in [5.74, 6) is -0.184. The second kappa shape index (κ2) is 10.3. The van der Waals surface area contributed by atoms with Crippen molar-refractivity contribution in [3.63, 3.8) is 0 Å². The maximum Gasteiger partial charge on any atom is 0.226 e. The summed E-state index contributed by atoms with van der Waals surface area (Å²) in [6.45, 7) is 3.31. The van der Waals surface area contributed by atoms with Crippen molar-refractivity contribution in [1.29, 1.82) is 0 Å². The van der Waals surface area contributed by atoms with Gasteiger partial charge in [0, 0.05) is 18.7 Å². The van der Waals surface area contributed by atoms with Gasteiger partial charge in [0.05, 0.1) is 0 Å². The van der Waals surface area contributed by atoms with Gasteiger partial charge < -0.3 is 10.6 Å². The van der Waals surface area contributed by atoms with Gasteiger partial charge in [0.2, 0.25) is 5.91 Å². The van der Waals surface area contributed by atoms with Crippen LogP contribution in [0.25, 0.3) is 0 Å². The van der Waals surface area contributed by atoms with Gasteiger partial charge in [-0.2, -0.15) is 0 Å². The molecular weight excluding hydrogens is 267 g/mol. The van der Waals surface area contributed by atoms with Crippen LogP contribution in [-0.2, 0) is 4.79 Å². The van der Waals surface area contributed by atoms with Gasteiger partial charge >= 0.3 is 0 Å². The Labute approximate surface area is 127 Å². The minimum atomic E-state index is -0.287. The number of rotatable bonds is 10. The van der Waals surface area contributed by atoms with Gasteiger partial charge in [0.15, 0.2) is 0 Å². The van der Waals surface area contributed by atoms with Crippen molar-refractivity contribution in [3.05, 3.63) is 30.1 Å². The molecule has 118 valence electrons. The number of amides is 1. The van der Waals surface area contributed by atoms with E-state index in [2.05, 4.69) is 6.92 Å². The quantitative estimate of drug-likeness (QED) is 0.666. The van der Waals surface area contributed by atoms with Crippen molar-refractivity contribution < 1.29 is 9.18 Å². The van der Waals surface area contributed by atoms with E-state index in [0.717, 1.165) is 24.9 Å². The van der Waals surface area contributed by atoms with Crippen molar-refractivity contribution in [2.45, 2.75) is 51.9 Å². The molecule has 0 aliphatic heterocycles. The Hall–Kier alpha value is -1.42. The highest BCUT2D eigenvalue weighted by atomic mass is 19.1. The van der Waals surface area contributed by atoms with Gasteiger partial charge in [-0.25, -0.2) is 4.39 Å². The molecule has 4 heteroatoms. The van der Waals surface area contributed by atoms with Crippen LogP contribution in [0.3, 0.4) is 0 Å². The number of hydrogen-bond donors (Lipinski definition) is 1. The average molecular weight is 294 g/mol.